The molecule has 2 aromatic heterocycles. The summed E-state index contributed by atoms with van der Waals surface area (Å²) in [6, 6.07) is 13.2. The average molecular weight is 423 g/mol. The van der Waals surface area contributed by atoms with Crippen LogP contribution < -0.4 is 14.4 Å². The summed E-state index contributed by atoms with van der Waals surface area (Å²) in [7, 11) is 3.21. The topological polar surface area (TPSA) is 64.8 Å². The van der Waals surface area contributed by atoms with Gasteiger partial charge < -0.3 is 13.9 Å². The molecule has 0 saturated carbocycles. The van der Waals surface area contributed by atoms with Crippen molar-refractivity contribution >= 4 is 32.6 Å². The number of carbonyl (C=O) groups excluding carboxylic acids is 1. The maximum absolute atomic E-state index is 13.6. The van der Waals surface area contributed by atoms with Crippen LogP contribution in [0.1, 0.15) is 27.2 Å². The second-order valence-corrected chi connectivity index (χ2v) is 7.91. The van der Waals surface area contributed by atoms with Crippen LogP contribution >= 0.6 is 11.3 Å². The van der Waals surface area contributed by atoms with Crippen molar-refractivity contribution in [2.45, 2.75) is 20.4 Å². The van der Waals surface area contributed by atoms with Crippen molar-refractivity contribution in [2.75, 3.05) is 19.1 Å². The van der Waals surface area contributed by atoms with E-state index >= 15 is 0 Å². The van der Waals surface area contributed by atoms with Gasteiger partial charge in [0.15, 0.2) is 5.13 Å². The summed E-state index contributed by atoms with van der Waals surface area (Å²) in [5, 5.41) is 0.551. The summed E-state index contributed by atoms with van der Waals surface area (Å²) in [5.41, 5.74) is 3.23. The van der Waals surface area contributed by atoms with Crippen LogP contribution in [-0.4, -0.2) is 25.1 Å². The number of amides is 1. The number of aromatic nitrogens is 1. The van der Waals surface area contributed by atoms with Gasteiger partial charge in [-0.2, -0.15) is 0 Å². The molecule has 0 aliphatic rings. The van der Waals surface area contributed by atoms with E-state index in [1.165, 1.54) is 11.3 Å². The minimum absolute atomic E-state index is 0.135. The number of hydrogen-bond donors (Lipinski definition) is 0. The van der Waals surface area contributed by atoms with Crippen LogP contribution in [0.2, 0.25) is 0 Å². The van der Waals surface area contributed by atoms with Gasteiger partial charge in [0.25, 0.3) is 5.91 Å². The molecule has 2 aromatic carbocycles. The number of fused-ring (bicyclic) bond motifs is 1. The zero-order valence-electron chi connectivity index (χ0n) is 17.3. The van der Waals surface area contributed by atoms with Crippen LogP contribution in [-0.2, 0) is 6.54 Å². The third-order valence-electron chi connectivity index (χ3n) is 4.89. The number of ether oxygens (including phenoxy) is 2. The van der Waals surface area contributed by atoms with E-state index in [2.05, 4.69) is 0 Å². The zero-order chi connectivity index (χ0) is 21.3. The van der Waals surface area contributed by atoms with Crippen molar-refractivity contribution in [3.63, 3.8) is 0 Å². The fourth-order valence-electron chi connectivity index (χ4n) is 3.29. The van der Waals surface area contributed by atoms with Gasteiger partial charge >= 0.3 is 0 Å². The molecule has 0 unspecified atom stereocenters. The van der Waals surface area contributed by atoms with E-state index in [1.54, 1.807) is 31.4 Å². The predicted molar refractivity (Wildman–Crippen MR) is 118 cm³/mol. The molecule has 0 N–H and O–H groups in total. The van der Waals surface area contributed by atoms with Crippen molar-refractivity contribution in [3.8, 4) is 11.5 Å². The number of nitrogens with zero attached hydrogens (tertiary/aromatic N) is 2. The van der Waals surface area contributed by atoms with Gasteiger partial charge in [0.1, 0.15) is 27.5 Å². The zero-order valence-corrected chi connectivity index (χ0v) is 18.1. The third-order valence-corrected chi connectivity index (χ3v) is 5.99. The molecule has 4 aromatic rings. The molecule has 154 valence electrons. The van der Waals surface area contributed by atoms with Crippen molar-refractivity contribution < 1.29 is 18.7 Å². The van der Waals surface area contributed by atoms with Gasteiger partial charge in [-0.15, -0.1) is 0 Å². The normalized spacial score (nSPS) is 10.9. The second-order valence-electron chi connectivity index (χ2n) is 6.93. The first kappa shape index (κ1) is 20.0. The van der Waals surface area contributed by atoms with Crippen LogP contribution in [0.15, 0.2) is 53.1 Å². The first-order valence-electron chi connectivity index (χ1n) is 9.45. The maximum Gasteiger partial charge on any atom is 0.260 e. The Morgan fingerprint density at radius 3 is 2.57 bits per heavy atom. The van der Waals surface area contributed by atoms with E-state index in [4.69, 9.17) is 18.9 Å². The molecular formula is C23H22N2O4S. The molecule has 0 atom stereocenters. The first-order chi connectivity index (χ1) is 14.5. The molecule has 0 fully saturated rings. The Morgan fingerprint density at radius 2 is 1.87 bits per heavy atom. The molecule has 4 rings (SSSR count). The summed E-state index contributed by atoms with van der Waals surface area (Å²) < 4.78 is 17.3. The highest BCUT2D eigenvalue weighted by Gasteiger charge is 2.25. The SMILES string of the molecule is COc1ccc(OC)c2sc(N(Cc3ccco3)C(=O)c3cc(C)ccc3C)nc12. The number of carbonyl (C=O) groups is 1. The molecule has 0 bridgehead atoms. The van der Waals surface area contributed by atoms with Crippen molar-refractivity contribution in [2.24, 2.45) is 0 Å². The average Bonchev–Trinajstić information content (AvgIpc) is 3.42. The highest BCUT2D eigenvalue weighted by molar-refractivity contribution is 7.22. The summed E-state index contributed by atoms with van der Waals surface area (Å²) in [5.74, 6) is 1.86. The van der Waals surface area contributed by atoms with E-state index in [9.17, 15) is 4.79 Å². The molecule has 30 heavy (non-hydrogen) atoms. The van der Waals surface area contributed by atoms with Gasteiger partial charge in [0.2, 0.25) is 0 Å². The number of methoxy groups -OCH3 is 2. The van der Waals surface area contributed by atoms with Gasteiger partial charge in [0.05, 0.1) is 27.0 Å². The molecule has 0 saturated heterocycles. The lowest BCUT2D eigenvalue weighted by Crippen LogP contribution is -2.30. The number of furan rings is 1. The lowest BCUT2D eigenvalue weighted by Gasteiger charge is -2.20. The van der Waals surface area contributed by atoms with Gasteiger partial charge in [-0.1, -0.05) is 29.0 Å². The molecule has 2 heterocycles. The van der Waals surface area contributed by atoms with E-state index in [0.717, 1.165) is 15.8 Å². The Balaban J connectivity index is 1.86. The van der Waals surface area contributed by atoms with Gasteiger partial charge in [-0.3, -0.25) is 9.69 Å². The Kier molecular flexibility index (Phi) is 5.46. The fraction of sp³-hybridized carbons (Fsp3) is 0.217. The first-order valence-corrected chi connectivity index (χ1v) is 10.3. The lowest BCUT2D eigenvalue weighted by molar-refractivity contribution is 0.0982. The standard InChI is InChI=1S/C23H22N2O4S/c1-14-7-8-15(2)17(12-14)22(26)25(13-16-6-5-11-29-16)23-24-20-18(27-3)9-10-19(28-4)21(20)30-23/h5-12H,13H2,1-4H3. The van der Waals surface area contributed by atoms with Crippen LogP contribution in [0.3, 0.4) is 0 Å². The molecule has 0 spiro atoms. The summed E-state index contributed by atoms with van der Waals surface area (Å²) in [4.78, 5) is 20.0. The largest absolute Gasteiger partial charge is 0.495 e. The lowest BCUT2D eigenvalue weighted by atomic mass is 10.0. The molecule has 0 aliphatic carbocycles. The molecular weight excluding hydrogens is 400 g/mol. The van der Waals surface area contributed by atoms with E-state index in [1.807, 2.05) is 50.2 Å². The second kappa shape index (κ2) is 8.20. The van der Waals surface area contributed by atoms with Gasteiger partial charge in [-0.25, -0.2) is 4.98 Å². The highest BCUT2D eigenvalue weighted by Crippen LogP contribution is 2.40. The van der Waals surface area contributed by atoms with Crippen molar-refractivity contribution in [1.82, 2.24) is 4.98 Å². The third kappa shape index (κ3) is 3.64. The highest BCUT2D eigenvalue weighted by atomic mass is 32.1. The summed E-state index contributed by atoms with van der Waals surface area (Å²) in [6.45, 7) is 4.17. The van der Waals surface area contributed by atoms with E-state index < -0.39 is 0 Å². The maximum atomic E-state index is 13.6. The number of thiazole rings is 1. The van der Waals surface area contributed by atoms with E-state index in [0.29, 0.717) is 33.5 Å². The van der Waals surface area contributed by atoms with Crippen LogP contribution in [0.4, 0.5) is 5.13 Å². The summed E-state index contributed by atoms with van der Waals surface area (Å²) in [6.07, 6.45) is 1.60. The smallest absolute Gasteiger partial charge is 0.260 e. The summed E-state index contributed by atoms with van der Waals surface area (Å²) >= 11 is 1.39. The molecule has 0 aliphatic heterocycles. The Hall–Kier alpha value is -3.32. The number of anilines is 1. The quantitative estimate of drug-likeness (QED) is 0.418. The minimum Gasteiger partial charge on any atom is -0.495 e. The number of aryl methyl sites for hydroxylation is 2. The van der Waals surface area contributed by atoms with Crippen LogP contribution in [0, 0.1) is 13.8 Å². The van der Waals surface area contributed by atoms with Crippen molar-refractivity contribution in [3.05, 3.63) is 71.2 Å². The fourth-order valence-corrected chi connectivity index (χ4v) is 4.36. The molecule has 0 radical (unpaired) electrons. The van der Waals surface area contributed by atoms with Crippen LogP contribution in [0.25, 0.3) is 10.2 Å². The number of benzene rings is 2. The molecule has 1 amide bonds. The number of hydrogen-bond acceptors (Lipinski definition) is 6. The van der Waals surface area contributed by atoms with Gasteiger partial charge in [-0.05, 0) is 49.7 Å². The minimum atomic E-state index is -0.135. The number of rotatable bonds is 6. The Morgan fingerprint density at radius 1 is 1.10 bits per heavy atom. The Bertz CT molecular complexity index is 1160. The predicted octanol–water partition coefficient (Wildman–Crippen LogP) is 5.37. The van der Waals surface area contributed by atoms with Gasteiger partial charge in [0, 0.05) is 5.56 Å². The van der Waals surface area contributed by atoms with Crippen LogP contribution in [0.5, 0.6) is 11.5 Å². The van der Waals surface area contributed by atoms with Crippen molar-refractivity contribution in [1.29, 1.82) is 0 Å². The monoisotopic (exact) mass is 422 g/mol. The van der Waals surface area contributed by atoms with E-state index in [-0.39, 0.29) is 12.5 Å². The Labute approximate surface area is 178 Å². The molecule has 7 heteroatoms. The molecule has 6 nitrogen and oxygen atoms in total.